The van der Waals surface area contributed by atoms with E-state index in [9.17, 15) is 4.79 Å². The summed E-state index contributed by atoms with van der Waals surface area (Å²) in [5.74, 6) is 1.31. The SMILES string of the molecule is CCCCCNc1cc(C(=O)NC2CCCCCC2)nc(C)n1. The predicted molar refractivity (Wildman–Crippen MR) is 93.7 cm³/mol. The van der Waals surface area contributed by atoms with Crippen LogP contribution in [-0.2, 0) is 0 Å². The third kappa shape index (κ3) is 6.16. The third-order valence-electron chi connectivity index (χ3n) is 4.35. The van der Waals surface area contributed by atoms with Gasteiger partial charge in [-0.2, -0.15) is 0 Å². The Morgan fingerprint density at radius 1 is 1.17 bits per heavy atom. The average Bonchev–Trinajstić information content (AvgIpc) is 2.80. The van der Waals surface area contributed by atoms with Crippen LogP contribution >= 0.6 is 0 Å². The minimum absolute atomic E-state index is 0.0704. The maximum absolute atomic E-state index is 12.5. The number of hydrogen-bond donors (Lipinski definition) is 2. The Bertz CT molecular complexity index is 496. The van der Waals surface area contributed by atoms with Gasteiger partial charge in [0.25, 0.3) is 5.91 Å². The van der Waals surface area contributed by atoms with E-state index in [0.717, 1.165) is 31.6 Å². The Kier molecular flexibility index (Phi) is 7.30. The van der Waals surface area contributed by atoms with Gasteiger partial charge in [-0.25, -0.2) is 9.97 Å². The Labute approximate surface area is 139 Å². The molecule has 0 bridgehead atoms. The van der Waals surface area contributed by atoms with Crippen LogP contribution in [0.3, 0.4) is 0 Å². The molecule has 1 aromatic rings. The van der Waals surface area contributed by atoms with Gasteiger partial charge in [-0.3, -0.25) is 4.79 Å². The summed E-state index contributed by atoms with van der Waals surface area (Å²) < 4.78 is 0. The van der Waals surface area contributed by atoms with Crippen LogP contribution in [0.1, 0.15) is 81.0 Å². The van der Waals surface area contributed by atoms with Gasteiger partial charge in [0.2, 0.25) is 0 Å². The van der Waals surface area contributed by atoms with Crippen LogP contribution in [0.4, 0.5) is 5.82 Å². The number of nitrogens with zero attached hydrogens (tertiary/aromatic N) is 2. The summed E-state index contributed by atoms with van der Waals surface area (Å²) in [6.07, 6.45) is 10.6. The first-order valence-electron chi connectivity index (χ1n) is 9.09. The zero-order valence-electron chi connectivity index (χ0n) is 14.5. The fourth-order valence-electron chi connectivity index (χ4n) is 3.05. The highest BCUT2D eigenvalue weighted by Crippen LogP contribution is 2.17. The fourth-order valence-corrected chi connectivity index (χ4v) is 3.05. The first-order valence-corrected chi connectivity index (χ1v) is 9.09. The topological polar surface area (TPSA) is 66.9 Å². The second-order valence-electron chi connectivity index (χ2n) is 6.48. The number of carbonyl (C=O) groups excluding carboxylic acids is 1. The molecule has 2 N–H and O–H groups in total. The number of hydrogen-bond acceptors (Lipinski definition) is 4. The molecule has 23 heavy (non-hydrogen) atoms. The molecule has 0 unspecified atom stereocenters. The predicted octanol–water partition coefficient (Wildman–Crippen LogP) is 3.84. The van der Waals surface area contributed by atoms with Crippen LogP contribution in [-0.4, -0.2) is 28.5 Å². The molecule has 0 radical (unpaired) electrons. The largest absolute Gasteiger partial charge is 0.370 e. The Balaban J connectivity index is 1.94. The molecular weight excluding hydrogens is 288 g/mol. The van der Waals surface area contributed by atoms with Gasteiger partial charge in [0.1, 0.15) is 17.3 Å². The van der Waals surface area contributed by atoms with Crippen molar-refractivity contribution in [3.8, 4) is 0 Å². The maximum Gasteiger partial charge on any atom is 0.270 e. The number of rotatable bonds is 7. The van der Waals surface area contributed by atoms with Gasteiger partial charge in [0.15, 0.2) is 0 Å². The van der Waals surface area contributed by atoms with E-state index >= 15 is 0 Å². The highest BCUT2D eigenvalue weighted by molar-refractivity contribution is 5.93. The van der Waals surface area contributed by atoms with E-state index in [-0.39, 0.29) is 5.91 Å². The van der Waals surface area contributed by atoms with E-state index in [2.05, 4.69) is 27.5 Å². The molecule has 5 nitrogen and oxygen atoms in total. The first kappa shape index (κ1) is 17.7. The van der Waals surface area contributed by atoms with E-state index in [1.54, 1.807) is 6.07 Å². The minimum atomic E-state index is -0.0704. The molecule has 1 aromatic heterocycles. The second kappa shape index (κ2) is 9.48. The lowest BCUT2D eigenvalue weighted by atomic mass is 10.1. The highest BCUT2D eigenvalue weighted by atomic mass is 16.1. The highest BCUT2D eigenvalue weighted by Gasteiger charge is 2.17. The molecular formula is C18H30N4O. The normalized spacial score (nSPS) is 15.9. The van der Waals surface area contributed by atoms with Gasteiger partial charge >= 0.3 is 0 Å². The van der Waals surface area contributed by atoms with Gasteiger partial charge in [0, 0.05) is 18.7 Å². The minimum Gasteiger partial charge on any atom is -0.370 e. The lowest BCUT2D eigenvalue weighted by molar-refractivity contribution is 0.0928. The number of nitrogens with one attached hydrogen (secondary N) is 2. The quantitative estimate of drug-likeness (QED) is 0.592. The molecule has 1 aliphatic carbocycles. The molecule has 0 saturated heterocycles. The lowest BCUT2D eigenvalue weighted by Crippen LogP contribution is -2.35. The number of unbranched alkanes of at least 4 members (excludes halogenated alkanes) is 2. The number of aryl methyl sites for hydroxylation is 1. The summed E-state index contributed by atoms with van der Waals surface area (Å²) >= 11 is 0. The van der Waals surface area contributed by atoms with Crippen molar-refractivity contribution in [3.05, 3.63) is 17.6 Å². The van der Waals surface area contributed by atoms with Gasteiger partial charge < -0.3 is 10.6 Å². The lowest BCUT2D eigenvalue weighted by Gasteiger charge is -2.16. The van der Waals surface area contributed by atoms with Crippen LogP contribution < -0.4 is 10.6 Å². The maximum atomic E-state index is 12.5. The van der Waals surface area contributed by atoms with E-state index in [4.69, 9.17) is 0 Å². The molecule has 1 heterocycles. The summed E-state index contributed by atoms with van der Waals surface area (Å²) in [7, 11) is 0. The second-order valence-corrected chi connectivity index (χ2v) is 6.48. The number of carbonyl (C=O) groups is 1. The molecule has 0 spiro atoms. The van der Waals surface area contributed by atoms with E-state index in [0.29, 0.717) is 17.6 Å². The smallest absolute Gasteiger partial charge is 0.270 e. The van der Waals surface area contributed by atoms with Crippen molar-refractivity contribution in [1.29, 1.82) is 0 Å². The van der Waals surface area contributed by atoms with Crippen molar-refractivity contribution in [2.75, 3.05) is 11.9 Å². The molecule has 5 heteroatoms. The van der Waals surface area contributed by atoms with Crippen LogP contribution in [0.2, 0.25) is 0 Å². The number of aromatic nitrogens is 2. The zero-order chi connectivity index (χ0) is 16.5. The number of anilines is 1. The van der Waals surface area contributed by atoms with Gasteiger partial charge in [0.05, 0.1) is 0 Å². The first-order chi connectivity index (χ1) is 11.2. The van der Waals surface area contributed by atoms with Crippen molar-refractivity contribution in [2.45, 2.75) is 77.7 Å². The summed E-state index contributed by atoms with van der Waals surface area (Å²) in [6, 6.07) is 2.06. The van der Waals surface area contributed by atoms with Crippen molar-refractivity contribution < 1.29 is 4.79 Å². The van der Waals surface area contributed by atoms with Crippen LogP contribution in [0.5, 0.6) is 0 Å². The molecule has 1 aliphatic rings. The number of amides is 1. The van der Waals surface area contributed by atoms with Gasteiger partial charge in [-0.15, -0.1) is 0 Å². The standard InChI is InChI=1S/C18H30N4O/c1-3-4-9-12-19-17-13-16(20-14(2)21-17)18(23)22-15-10-7-5-6-8-11-15/h13,15H,3-12H2,1-2H3,(H,22,23)(H,19,20,21). The summed E-state index contributed by atoms with van der Waals surface area (Å²) in [4.78, 5) is 21.2. The van der Waals surface area contributed by atoms with Crippen LogP contribution in [0.25, 0.3) is 0 Å². The molecule has 1 saturated carbocycles. The molecule has 128 valence electrons. The molecule has 1 fully saturated rings. The Morgan fingerprint density at radius 3 is 2.61 bits per heavy atom. The zero-order valence-corrected chi connectivity index (χ0v) is 14.5. The summed E-state index contributed by atoms with van der Waals surface area (Å²) in [6.45, 7) is 4.90. The summed E-state index contributed by atoms with van der Waals surface area (Å²) in [5.41, 5.74) is 0.472. The molecule has 0 atom stereocenters. The molecule has 2 rings (SSSR count). The monoisotopic (exact) mass is 318 g/mol. The van der Waals surface area contributed by atoms with Crippen LogP contribution in [0, 0.1) is 6.92 Å². The van der Waals surface area contributed by atoms with Crippen molar-refractivity contribution in [2.24, 2.45) is 0 Å². The van der Waals surface area contributed by atoms with Crippen molar-refractivity contribution in [1.82, 2.24) is 15.3 Å². The van der Waals surface area contributed by atoms with Crippen LogP contribution in [0.15, 0.2) is 6.07 Å². The van der Waals surface area contributed by atoms with Crippen molar-refractivity contribution >= 4 is 11.7 Å². The fraction of sp³-hybridized carbons (Fsp3) is 0.722. The Morgan fingerprint density at radius 2 is 1.91 bits per heavy atom. The molecule has 1 amide bonds. The van der Waals surface area contributed by atoms with Gasteiger partial charge in [-0.1, -0.05) is 45.4 Å². The van der Waals surface area contributed by atoms with E-state index in [1.165, 1.54) is 38.5 Å². The molecule has 0 aliphatic heterocycles. The third-order valence-corrected chi connectivity index (χ3v) is 4.35. The average molecular weight is 318 g/mol. The van der Waals surface area contributed by atoms with E-state index in [1.807, 2.05) is 6.92 Å². The molecule has 0 aromatic carbocycles. The Hall–Kier alpha value is -1.65. The summed E-state index contributed by atoms with van der Waals surface area (Å²) in [5, 5.41) is 6.45. The van der Waals surface area contributed by atoms with Crippen molar-refractivity contribution in [3.63, 3.8) is 0 Å². The van der Waals surface area contributed by atoms with E-state index < -0.39 is 0 Å². The van der Waals surface area contributed by atoms with Gasteiger partial charge in [-0.05, 0) is 26.2 Å².